The molecule has 0 aliphatic heterocycles. The quantitative estimate of drug-likeness (QED) is 0.104. The number of hydrogen-bond donors (Lipinski definition) is 2. The van der Waals surface area contributed by atoms with Crippen LogP contribution in [0.4, 0.5) is 4.79 Å². The maximum absolute atomic E-state index is 11.1. The van der Waals surface area contributed by atoms with Gasteiger partial charge in [-0.3, -0.25) is 0 Å². The number of ether oxygens (including phenoxy) is 1. The predicted molar refractivity (Wildman–Crippen MR) is 147 cm³/mol. The Balaban J connectivity index is 1.85. The van der Waals surface area contributed by atoms with Gasteiger partial charge in [0, 0.05) is 17.1 Å². The van der Waals surface area contributed by atoms with E-state index in [-0.39, 0.29) is 12.7 Å². The van der Waals surface area contributed by atoms with Gasteiger partial charge in [-0.15, -0.1) is 0 Å². The Bertz CT molecular complexity index is 560. The molecule has 9 heteroatoms. The van der Waals surface area contributed by atoms with Gasteiger partial charge in [-0.25, -0.2) is 9.36 Å². The van der Waals surface area contributed by atoms with Gasteiger partial charge in [-0.2, -0.15) is 23.5 Å². The van der Waals surface area contributed by atoms with Crippen LogP contribution in [-0.2, 0) is 13.8 Å². The van der Waals surface area contributed by atoms with E-state index in [4.69, 9.17) is 14.7 Å². The summed E-state index contributed by atoms with van der Waals surface area (Å²) in [6, 6.07) is 0. The zero-order valence-electron chi connectivity index (χ0n) is 21.5. The summed E-state index contributed by atoms with van der Waals surface area (Å²) in [5.41, 5.74) is -1.81. The Kier molecular flexibility index (Phi) is 19.3. The molecule has 1 saturated carbocycles. The van der Waals surface area contributed by atoms with Crippen LogP contribution >= 0.6 is 31.1 Å². The molecule has 1 aliphatic rings. The van der Waals surface area contributed by atoms with Crippen molar-refractivity contribution < 1.29 is 28.6 Å². The molecule has 0 bridgehead atoms. The topological polar surface area (TPSA) is 93.1 Å². The van der Waals surface area contributed by atoms with Gasteiger partial charge < -0.3 is 19.3 Å². The maximum Gasteiger partial charge on any atom is 0.435 e. The summed E-state index contributed by atoms with van der Waals surface area (Å²) in [6.45, 7) is 4.69. The summed E-state index contributed by atoms with van der Waals surface area (Å²) in [4.78, 5) is 19.5. The SMILES string of the molecule is CCC(CCSCCCCCCCCC(C)OCCCOP(=O)(O)C(=O)O)SC1CCCCC1. The fraction of sp³-hybridized carbons (Fsp3) is 0.960. The number of rotatable bonds is 22. The molecule has 3 unspecified atom stereocenters. The number of carboxylic acid groups (broad SMARTS) is 1. The van der Waals surface area contributed by atoms with Gasteiger partial charge >= 0.3 is 13.3 Å². The minimum absolute atomic E-state index is 0.0936. The molecule has 3 atom stereocenters. The molecule has 2 N–H and O–H groups in total. The lowest BCUT2D eigenvalue weighted by Gasteiger charge is -2.25. The van der Waals surface area contributed by atoms with E-state index in [2.05, 4.69) is 35.0 Å². The third-order valence-electron chi connectivity index (χ3n) is 6.32. The standard InChI is InChI=1S/C25H49O6PS2/c1-3-23(34-24-15-10-8-11-16-24)17-21-33-20-12-7-5-4-6-9-14-22(2)30-18-13-19-31-32(28,29)25(26)27/h22-24H,3-21H2,1-2H3,(H,26,27)(H,28,29). The highest BCUT2D eigenvalue weighted by atomic mass is 32.2. The average molecular weight is 541 g/mol. The van der Waals surface area contributed by atoms with E-state index in [9.17, 15) is 9.36 Å². The van der Waals surface area contributed by atoms with E-state index >= 15 is 0 Å². The molecule has 1 aliphatic carbocycles. The third-order valence-corrected chi connectivity index (χ3v) is 10.3. The molecular formula is C25H49O6PS2. The Labute approximate surface area is 216 Å². The monoisotopic (exact) mass is 540 g/mol. The highest BCUT2D eigenvalue weighted by molar-refractivity contribution is 8.01. The van der Waals surface area contributed by atoms with Crippen molar-refractivity contribution in [3.05, 3.63) is 0 Å². The molecule has 0 aromatic heterocycles. The highest BCUT2D eigenvalue weighted by Gasteiger charge is 2.29. The van der Waals surface area contributed by atoms with E-state index in [1.807, 2.05) is 6.92 Å². The van der Waals surface area contributed by atoms with Crippen molar-refractivity contribution in [3.8, 4) is 0 Å². The first-order valence-electron chi connectivity index (χ1n) is 13.4. The summed E-state index contributed by atoms with van der Waals surface area (Å²) in [6.07, 6.45) is 19.1. The van der Waals surface area contributed by atoms with E-state index in [1.54, 1.807) is 0 Å². The molecule has 0 heterocycles. The molecule has 202 valence electrons. The van der Waals surface area contributed by atoms with Gasteiger partial charge in [0.15, 0.2) is 0 Å². The van der Waals surface area contributed by atoms with Crippen molar-refractivity contribution in [1.82, 2.24) is 0 Å². The van der Waals surface area contributed by atoms with Crippen LogP contribution in [0.2, 0.25) is 0 Å². The van der Waals surface area contributed by atoms with Gasteiger partial charge in [0.2, 0.25) is 0 Å². The van der Waals surface area contributed by atoms with Crippen molar-refractivity contribution >= 4 is 36.8 Å². The zero-order chi connectivity index (χ0) is 25.1. The molecule has 1 rings (SSSR count). The van der Waals surface area contributed by atoms with Gasteiger partial charge in [-0.1, -0.05) is 58.3 Å². The van der Waals surface area contributed by atoms with Crippen LogP contribution in [0.5, 0.6) is 0 Å². The normalized spacial score (nSPS) is 18.4. The van der Waals surface area contributed by atoms with Crippen LogP contribution in [0.25, 0.3) is 0 Å². The molecule has 34 heavy (non-hydrogen) atoms. The van der Waals surface area contributed by atoms with E-state index in [0.717, 1.165) is 23.3 Å². The van der Waals surface area contributed by atoms with Crippen molar-refractivity contribution in [2.45, 2.75) is 127 Å². The van der Waals surface area contributed by atoms with E-state index in [1.165, 1.54) is 88.6 Å². The first-order valence-corrected chi connectivity index (χ1v) is 17.1. The average Bonchev–Trinajstić information content (AvgIpc) is 2.82. The Morgan fingerprint density at radius 1 is 0.971 bits per heavy atom. The Hall–Kier alpha value is 0.280. The number of unbranched alkanes of at least 4 members (excludes halogenated alkanes) is 5. The van der Waals surface area contributed by atoms with Gasteiger partial charge in [0.25, 0.3) is 0 Å². The van der Waals surface area contributed by atoms with Crippen LogP contribution in [-0.4, -0.2) is 57.0 Å². The Morgan fingerprint density at radius 3 is 2.32 bits per heavy atom. The van der Waals surface area contributed by atoms with Crippen LogP contribution in [0, 0.1) is 0 Å². The molecular weight excluding hydrogens is 491 g/mol. The molecule has 0 spiro atoms. The first-order chi connectivity index (χ1) is 16.3. The van der Waals surface area contributed by atoms with Crippen LogP contribution in [0.1, 0.15) is 110 Å². The van der Waals surface area contributed by atoms with E-state index < -0.39 is 13.3 Å². The lowest BCUT2D eigenvalue weighted by Crippen LogP contribution is -2.14. The van der Waals surface area contributed by atoms with Crippen LogP contribution < -0.4 is 0 Å². The van der Waals surface area contributed by atoms with Gasteiger partial charge in [0.05, 0.1) is 12.7 Å². The summed E-state index contributed by atoms with van der Waals surface area (Å²) in [5.74, 6) is 2.62. The van der Waals surface area contributed by atoms with Crippen molar-refractivity contribution in [1.29, 1.82) is 0 Å². The van der Waals surface area contributed by atoms with Crippen LogP contribution in [0.3, 0.4) is 0 Å². The molecule has 0 saturated heterocycles. The Morgan fingerprint density at radius 2 is 1.65 bits per heavy atom. The van der Waals surface area contributed by atoms with Crippen molar-refractivity contribution in [3.63, 3.8) is 0 Å². The second-order valence-electron chi connectivity index (χ2n) is 9.41. The summed E-state index contributed by atoms with van der Waals surface area (Å²) in [5, 5.41) is 10.3. The third kappa shape index (κ3) is 16.9. The lowest BCUT2D eigenvalue weighted by atomic mass is 10.0. The van der Waals surface area contributed by atoms with Gasteiger partial charge in [-0.05, 0) is 63.4 Å². The molecule has 0 amide bonds. The van der Waals surface area contributed by atoms with Crippen LogP contribution in [0.15, 0.2) is 0 Å². The van der Waals surface area contributed by atoms with Crippen molar-refractivity contribution in [2.24, 2.45) is 0 Å². The molecule has 0 aromatic carbocycles. The fourth-order valence-electron chi connectivity index (χ4n) is 4.17. The molecule has 0 aromatic rings. The number of hydrogen-bond acceptors (Lipinski definition) is 6. The number of thioether (sulfide) groups is 2. The fourth-order valence-corrected chi connectivity index (χ4v) is 7.47. The first kappa shape index (κ1) is 32.3. The van der Waals surface area contributed by atoms with E-state index in [0.29, 0.717) is 13.0 Å². The second kappa shape index (κ2) is 20.4. The lowest BCUT2D eigenvalue weighted by molar-refractivity contribution is 0.0499. The number of carbonyl (C=O) groups is 1. The van der Waals surface area contributed by atoms with Crippen molar-refractivity contribution in [2.75, 3.05) is 24.7 Å². The minimum Gasteiger partial charge on any atom is -0.472 e. The predicted octanol–water partition coefficient (Wildman–Crippen LogP) is 8.36. The summed E-state index contributed by atoms with van der Waals surface area (Å²) >= 11 is 4.44. The molecule has 1 fully saturated rings. The summed E-state index contributed by atoms with van der Waals surface area (Å²) < 4.78 is 21.3. The highest BCUT2D eigenvalue weighted by Crippen LogP contribution is 2.42. The smallest absolute Gasteiger partial charge is 0.435 e. The zero-order valence-corrected chi connectivity index (χ0v) is 24.0. The molecule has 0 radical (unpaired) electrons. The second-order valence-corrected chi connectivity index (χ2v) is 13.9. The van der Waals surface area contributed by atoms with Gasteiger partial charge in [0.1, 0.15) is 0 Å². The summed E-state index contributed by atoms with van der Waals surface area (Å²) in [7, 11) is -4.52. The minimum atomic E-state index is -4.52. The largest absolute Gasteiger partial charge is 0.472 e. The maximum atomic E-state index is 11.1. The molecule has 6 nitrogen and oxygen atoms in total.